The highest BCUT2D eigenvalue weighted by atomic mass is 35.5. The van der Waals surface area contributed by atoms with Gasteiger partial charge < -0.3 is 0 Å². The van der Waals surface area contributed by atoms with E-state index < -0.39 is 10.8 Å². The van der Waals surface area contributed by atoms with Gasteiger partial charge in [0.1, 0.15) is 0 Å². The maximum Gasteiger partial charge on any atom is 0.0485 e. The van der Waals surface area contributed by atoms with Gasteiger partial charge in [0, 0.05) is 28.2 Å². The van der Waals surface area contributed by atoms with Crippen LogP contribution in [0.1, 0.15) is 18.4 Å². The molecule has 0 radical (unpaired) electrons. The van der Waals surface area contributed by atoms with Crippen molar-refractivity contribution in [1.82, 2.24) is 0 Å². The summed E-state index contributed by atoms with van der Waals surface area (Å²) in [5.41, 5.74) is 1.15. The molecular weight excluding hydrogens is 216 g/mol. The van der Waals surface area contributed by atoms with Gasteiger partial charge in [-0.25, -0.2) is 0 Å². The van der Waals surface area contributed by atoms with E-state index in [1.807, 2.05) is 30.3 Å². The number of hydrogen-bond donors (Lipinski definition) is 0. The molecule has 1 unspecified atom stereocenters. The van der Waals surface area contributed by atoms with Crippen molar-refractivity contribution in [3.05, 3.63) is 35.9 Å². The normalized spacial score (nSPS) is 12.6. The Morgan fingerprint density at radius 2 is 1.86 bits per heavy atom. The number of hydrogen-bond acceptors (Lipinski definition) is 1. The largest absolute Gasteiger partial charge is 0.259 e. The van der Waals surface area contributed by atoms with Gasteiger partial charge in [-0.2, -0.15) is 0 Å². The lowest BCUT2D eigenvalue weighted by atomic mass is 10.2. The molecule has 3 heteroatoms. The molecular formula is C11H15ClOS. The molecule has 0 amide bonds. The first-order valence-electron chi connectivity index (χ1n) is 4.78. The van der Waals surface area contributed by atoms with Crippen molar-refractivity contribution in [2.45, 2.75) is 18.6 Å². The van der Waals surface area contributed by atoms with Gasteiger partial charge in [-0.05, 0) is 18.4 Å². The van der Waals surface area contributed by atoms with E-state index in [0.29, 0.717) is 11.6 Å². The maximum absolute atomic E-state index is 11.6. The van der Waals surface area contributed by atoms with E-state index in [0.717, 1.165) is 24.2 Å². The lowest BCUT2D eigenvalue weighted by Crippen LogP contribution is -2.01. The molecule has 0 aromatic heterocycles. The van der Waals surface area contributed by atoms with Gasteiger partial charge in [0.15, 0.2) is 0 Å². The van der Waals surface area contributed by atoms with E-state index in [2.05, 4.69) is 0 Å². The first-order valence-corrected chi connectivity index (χ1v) is 6.80. The Kier molecular flexibility index (Phi) is 5.88. The van der Waals surface area contributed by atoms with Gasteiger partial charge >= 0.3 is 0 Å². The fourth-order valence-corrected chi connectivity index (χ4v) is 2.61. The van der Waals surface area contributed by atoms with Crippen LogP contribution in [0.5, 0.6) is 0 Å². The number of halogens is 1. The van der Waals surface area contributed by atoms with Crippen LogP contribution in [0.15, 0.2) is 30.3 Å². The average molecular weight is 231 g/mol. The molecule has 1 nitrogen and oxygen atoms in total. The minimum atomic E-state index is -0.731. The summed E-state index contributed by atoms with van der Waals surface area (Å²) in [5.74, 6) is 2.10. The van der Waals surface area contributed by atoms with Crippen molar-refractivity contribution in [2.75, 3.05) is 11.6 Å². The fourth-order valence-electron chi connectivity index (χ4n) is 1.19. The average Bonchev–Trinajstić information content (AvgIpc) is 2.20. The second kappa shape index (κ2) is 7.02. The lowest BCUT2D eigenvalue weighted by Gasteiger charge is -2.01. The van der Waals surface area contributed by atoms with Crippen molar-refractivity contribution < 1.29 is 4.21 Å². The Morgan fingerprint density at radius 1 is 1.14 bits per heavy atom. The van der Waals surface area contributed by atoms with E-state index in [4.69, 9.17) is 11.6 Å². The zero-order chi connectivity index (χ0) is 10.2. The molecule has 0 bridgehead atoms. The summed E-state index contributed by atoms with van der Waals surface area (Å²) in [6.07, 6.45) is 1.92. The molecule has 0 spiro atoms. The summed E-state index contributed by atoms with van der Waals surface area (Å²) in [7, 11) is -0.731. The van der Waals surface area contributed by atoms with Gasteiger partial charge in [-0.3, -0.25) is 4.21 Å². The predicted octanol–water partition coefficient (Wildman–Crippen LogP) is 2.95. The summed E-state index contributed by atoms with van der Waals surface area (Å²) in [4.78, 5) is 0. The highest BCUT2D eigenvalue weighted by molar-refractivity contribution is 7.84. The van der Waals surface area contributed by atoms with Gasteiger partial charge in [0.2, 0.25) is 0 Å². The minimum Gasteiger partial charge on any atom is -0.259 e. The maximum atomic E-state index is 11.6. The van der Waals surface area contributed by atoms with Crippen molar-refractivity contribution in [3.63, 3.8) is 0 Å². The molecule has 0 aliphatic rings. The monoisotopic (exact) mass is 230 g/mol. The van der Waals surface area contributed by atoms with E-state index >= 15 is 0 Å². The quantitative estimate of drug-likeness (QED) is 0.543. The smallest absolute Gasteiger partial charge is 0.0485 e. The first kappa shape index (κ1) is 11.7. The second-order valence-corrected chi connectivity index (χ2v) is 5.12. The van der Waals surface area contributed by atoms with Crippen molar-refractivity contribution in [2.24, 2.45) is 0 Å². The minimum absolute atomic E-state index is 0.669. The van der Waals surface area contributed by atoms with Gasteiger partial charge in [0.05, 0.1) is 0 Å². The zero-order valence-corrected chi connectivity index (χ0v) is 9.69. The third kappa shape index (κ3) is 4.77. The molecule has 1 rings (SSSR count). The van der Waals surface area contributed by atoms with E-state index in [-0.39, 0.29) is 0 Å². The molecule has 14 heavy (non-hydrogen) atoms. The Labute approximate surface area is 92.9 Å². The van der Waals surface area contributed by atoms with Gasteiger partial charge in [-0.1, -0.05) is 30.3 Å². The van der Waals surface area contributed by atoms with Gasteiger partial charge in [-0.15, -0.1) is 11.6 Å². The van der Waals surface area contributed by atoms with E-state index in [9.17, 15) is 4.21 Å². The predicted molar refractivity (Wildman–Crippen MR) is 63.1 cm³/mol. The van der Waals surface area contributed by atoms with Crippen LogP contribution in [0.3, 0.4) is 0 Å². The van der Waals surface area contributed by atoms with Crippen LogP contribution in [0.25, 0.3) is 0 Å². The van der Waals surface area contributed by atoms with Crippen LogP contribution in [0, 0.1) is 0 Å². The number of rotatable bonds is 6. The van der Waals surface area contributed by atoms with Crippen LogP contribution in [0.4, 0.5) is 0 Å². The van der Waals surface area contributed by atoms with Gasteiger partial charge in [0.25, 0.3) is 0 Å². The first-order chi connectivity index (χ1) is 6.83. The van der Waals surface area contributed by atoms with Crippen molar-refractivity contribution in [1.29, 1.82) is 0 Å². The van der Waals surface area contributed by atoms with Crippen molar-refractivity contribution >= 4 is 22.4 Å². The third-order valence-electron chi connectivity index (χ3n) is 1.93. The number of unbranched alkanes of at least 4 members (excludes halogenated alkanes) is 1. The number of benzene rings is 1. The molecule has 1 aromatic rings. The van der Waals surface area contributed by atoms with Crippen LogP contribution < -0.4 is 0 Å². The molecule has 0 N–H and O–H groups in total. The fraction of sp³-hybridized carbons (Fsp3) is 0.455. The molecule has 0 heterocycles. The summed E-state index contributed by atoms with van der Waals surface area (Å²) >= 11 is 5.55. The standard InChI is InChI=1S/C11H15ClOS/c12-8-4-5-9-14(13)10-11-6-2-1-3-7-11/h1-3,6-7H,4-5,8-10H2. The molecule has 0 aliphatic carbocycles. The molecule has 1 atom stereocenters. The van der Waals surface area contributed by atoms with E-state index in [1.165, 1.54) is 0 Å². The second-order valence-electron chi connectivity index (χ2n) is 3.17. The zero-order valence-electron chi connectivity index (χ0n) is 8.12. The molecule has 0 saturated carbocycles. The summed E-state index contributed by atoms with van der Waals surface area (Å²) < 4.78 is 11.6. The molecule has 0 fully saturated rings. The summed E-state index contributed by atoms with van der Waals surface area (Å²) in [5, 5.41) is 0. The Bertz CT molecular complexity index is 274. The topological polar surface area (TPSA) is 17.1 Å². The molecule has 0 aliphatic heterocycles. The van der Waals surface area contributed by atoms with E-state index in [1.54, 1.807) is 0 Å². The SMILES string of the molecule is O=S(CCCCCl)Cc1ccccc1. The molecule has 0 saturated heterocycles. The summed E-state index contributed by atoms with van der Waals surface area (Å²) in [6.45, 7) is 0. The highest BCUT2D eigenvalue weighted by Gasteiger charge is 2.00. The van der Waals surface area contributed by atoms with Crippen LogP contribution in [0.2, 0.25) is 0 Å². The third-order valence-corrected chi connectivity index (χ3v) is 3.59. The summed E-state index contributed by atoms with van der Waals surface area (Å²) in [6, 6.07) is 9.95. The highest BCUT2D eigenvalue weighted by Crippen LogP contribution is 2.04. The lowest BCUT2D eigenvalue weighted by molar-refractivity contribution is 0.679. The number of alkyl halides is 1. The van der Waals surface area contributed by atoms with Crippen LogP contribution in [-0.4, -0.2) is 15.8 Å². The Balaban J connectivity index is 2.27. The Morgan fingerprint density at radius 3 is 2.50 bits per heavy atom. The molecule has 1 aromatic carbocycles. The van der Waals surface area contributed by atoms with Crippen molar-refractivity contribution in [3.8, 4) is 0 Å². The van der Waals surface area contributed by atoms with Crippen LogP contribution >= 0.6 is 11.6 Å². The Hall–Kier alpha value is -0.340. The van der Waals surface area contributed by atoms with Crippen LogP contribution in [-0.2, 0) is 16.6 Å². The molecule has 78 valence electrons.